The van der Waals surface area contributed by atoms with Gasteiger partial charge in [0.2, 0.25) is 0 Å². The zero-order valence-corrected chi connectivity index (χ0v) is 12.1. The van der Waals surface area contributed by atoms with Crippen molar-refractivity contribution >= 4 is 35.0 Å². The van der Waals surface area contributed by atoms with E-state index >= 15 is 0 Å². The summed E-state index contributed by atoms with van der Waals surface area (Å²) in [7, 11) is 0. The van der Waals surface area contributed by atoms with E-state index in [0.717, 1.165) is 4.88 Å². The molecule has 0 aliphatic carbocycles. The van der Waals surface area contributed by atoms with Gasteiger partial charge in [0.05, 0.1) is 18.7 Å². The monoisotopic (exact) mass is 289 g/mol. The first-order chi connectivity index (χ1) is 8.43. The Morgan fingerprint density at radius 1 is 1.56 bits per heavy atom. The average Bonchev–Trinajstić information content (AvgIpc) is 2.58. The zero-order valence-electron chi connectivity index (χ0n) is 10.4. The van der Waals surface area contributed by atoms with Crippen molar-refractivity contribution in [3.63, 3.8) is 0 Å². The van der Waals surface area contributed by atoms with Crippen LogP contribution < -0.4 is 0 Å². The van der Waals surface area contributed by atoms with Crippen LogP contribution in [0.3, 0.4) is 0 Å². The van der Waals surface area contributed by atoms with Crippen LogP contribution in [-0.2, 0) is 20.7 Å². The van der Waals surface area contributed by atoms with Crippen LogP contribution >= 0.6 is 23.1 Å². The van der Waals surface area contributed by atoms with Gasteiger partial charge in [-0.3, -0.25) is 9.59 Å². The maximum Gasteiger partial charge on any atom is 0.319 e. The first-order valence-corrected chi connectivity index (χ1v) is 7.15. The first kappa shape index (κ1) is 15.0. The smallest absolute Gasteiger partial charge is 0.319 e. The Balaban J connectivity index is 2.68. The molecule has 1 aromatic heterocycles. The molecule has 0 amide bonds. The maximum atomic E-state index is 11.5. The van der Waals surface area contributed by atoms with E-state index < -0.39 is 5.97 Å². The lowest BCUT2D eigenvalue weighted by Gasteiger charge is -2.07. The lowest BCUT2D eigenvalue weighted by atomic mass is 10.3. The summed E-state index contributed by atoms with van der Waals surface area (Å²) in [6, 6.07) is 0. The largest absolute Gasteiger partial charge is 0.481 e. The van der Waals surface area contributed by atoms with Gasteiger partial charge in [0, 0.05) is 4.88 Å². The number of carbonyl (C=O) groups is 2. The van der Waals surface area contributed by atoms with Crippen molar-refractivity contribution in [2.24, 2.45) is 0 Å². The highest BCUT2D eigenvalue weighted by Gasteiger charge is 2.19. The summed E-state index contributed by atoms with van der Waals surface area (Å²) in [6.45, 7) is 5.63. The summed E-state index contributed by atoms with van der Waals surface area (Å²) in [6.07, 6.45) is -0.0299. The fourth-order valence-corrected chi connectivity index (χ4v) is 3.58. The molecule has 0 radical (unpaired) electrons. The van der Waals surface area contributed by atoms with Crippen molar-refractivity contribution < 1.29 is 19.4 Å². The molecule has 1 rings (SSSR count). The highest BCUT2D eigenvalue weighted by Crippen LogP contribution is 2.30. The second-order valence-electron chi connectivity index (χ2n) is 3.57. The normalized spacial score (nSPS) is 12.2. The van der Waals surface area contributed by atoms with E-state index in [1.165, 1.54) is 23.1 Å². The van der Waals surface area contributed by atoms with E-state index in [1.54, 1.807) is 20.8 Å². The Bertz CT molecular complexity index is 444. The van der Waals surface area contributed by atoms with Crippen molar-refractivity contribution in [2.45, 2.75) is 36.8 Å². The van der Waals surface area contributed by atoms with Gasteiger partial charge in [0.15, 0.2) is 4.34 Å². The summed E-state index contributed by atoms with van der Waals surface area (Å²) >= 11 is 2.61. The molecule has 100 valence electrons. The van der Waals surface area contributed by atoms with Gasteiger partial charge in [-0.25, -0.2) is 4.98 Å². The van der Waals surface area contributed by atoms with E-state index in [4.69, 9.17) is 9.84 Å². The first-order valence-electron chi connectivity index (χ1n) is 5.45. The van der Waals surface area contributed by atoms with Gasteiger partial charge in [0.25, 0.3) is 0 Å². The van der Waals surface area contributed by atoms with Gasteiger partial charge >= 0.3 is 11.9 Å². The van der Waals surface area contributed by atoms with Gasteiger partial charge in [0.1, 0.15) is 5.25 Å². The van der Waals surface area contributed by atoms with Gasteiger partial charge < -0.3 is 9.84 Å². The molecule has 1 N–H and O–H groups in total. The molecular weight excluding hydrogens is 274 g/mol. The van der Waals surface area contributed by atoms with Crippen molar-refractivity contribution in [2.75, 3.05) is 6.61 Å². The number of aromatic nitrogens is 1. The average molecular weight is 289 g/mol. The second kappa shape index (κ2) is 6.75. The van der Waals surface area contributed by atoms with Crippen LogP contribution in [0.1, 0.15) is 24.4 Å². The molecule has 0 aromatic carbocycles. The molecular formula is C11H15NO4S2. The maximum absolute atomic E-state index is 11.5. The number of carboxylic acid groups (broad SMARTS) is 1. The number of esters is 1. The summed E-state index contributed by atoms with van der Waals surface area (Å²) in [5.74, 6) is -1.16. The van der Waals surface area contributed by atoms with Gasteiger partial charge in [-0.1, -0.05) is 11.8 Å². The van der Waals surface area contributed by atoms with E-state index in [2.05, 4.69) is 4.98 Å². The number of aryl methyl sites for hydroxylation is 1. The van der Waals surface area contributed by atoms with E-state index in [1.807, 2.05) is 0 Å². The van der Waals surface area contributed by atoms with E-state index in [0.29, 0.717) is 16.6 Å². The highest BCUT2D eigenvalue weighted by molar-refractivity contribution is 8.02. The van der Waals surface area contributed by atoms with Gasteiger partial charge in [-0.05, 0) is 20.8 Å². The molecule has 0 bridgehead atoms. The molecule has 18 heavy (non-hydrogen) atoms. The van der Waals surface area contributed by atoms with E-state index in [-0.39, 0.29) is 17.6 Å². The molecule has 7 heteroatoms. The molecule has 5 nitrogen and oxygen atoms in total. The minimum Gasteiger partial charge on any atom is -0.481 e. The molecule has 0 fully saturated rings. The molecule has 1 aromatic rings. The number of hydrogen-bond donors (Lipinski definition) is 1. The third-order valence-electron chi connectivity index (χ3n) is 2.08. The molecule has 0 spiro atoms. The number of hydrogen-bond acceptors (Lipinski definition) is 6. The van der Waals surface area contributed by atoms with Crippen LogP contribution in [0, 0.1) is 6.92 Å². The number of carbonyl (C=O) groups excluding carboxylic acids is 1. The topological polar surface area (TPSA) is 76.5 Å². The number of rotatable bonds is 6. The Labute approximate surface area is 114 Å². The standard InChI is InChI=1S/C11H15NO4S2/c1-4-16-10(15)7(3)17-11-12-6(2)8(18-11)5-9(13)14/h7H,4-5H2,1-3H3,(H,13,14). The molecule has 1 unspecified atom stereocenters. The SMILES string of the molecule is CCOC(=O)C(C)Sc1nc(C)c(CC(=O)O)s1. The number of carboxylic acids is 1. The van der Waals surface area contributed by atoms with Crippen LogP contribution in [0.5, 0.6) is 0 Å². The summed E-state index contributed by atoms with van der Waals surface area (Å²) in [5.41, 5.74) is 0.709. The number of aliphatic carboxylic acids is 1. The van der Waals surface area contributed by atoms with Crippen LogP contribution in [-0.4, -0.2) is 33.9 Å². The van der Waals surface area contributed by atoms with Crippen molar-refractivity contribution in [1.29, 1.82) is 0 Å². The number of ether oxygens (including phenoxy) is 1. The third kappa shape index (κ3) is 4.30. The molecule has 0 aliphatic rings. The Hall–Kier alpha value is -1.08. The molecule has 0 saturated carbocycles. The fourth-order valence-electron chi connectivity index (χ4n) is 1.21. The van der Waals surface area contributed by atoms with Crippen molar-refractivity contribution in [3.8, 4) is 0 Å². The third-order valence-corrected chi connectivity index (χ3v) is 4.41. The summed E-state index contributed by atoms with van der Waals surface area (Å²) in [5, 5.41) is 8.40. The molecule has 0 saturated heterocycles. The number of nitrogens with zero attached hydrogens (tertiary/aromatic N) is 1. The molecule has 0 aliphatic heterocycles. The molecule has 1 heterocycles. The second-order valence-corrected chi connectivity index (χ2v) is 6.24. The van der Waals surface area contributed by atoms with Crippen LogP contribution in [0.25, 0.3) is 0 Å². The lowest BCUT2D eigenvalue weighted by molar-refractivity contribution is -0.142. The summed E-state index contributed by atoms with van der Waals surface area (Å²) in [4.78, 5) is 27.1. The van der Waals surface area contributed by atoms with Gasteiger partial charge in [-0.2, -0.15) is 0 Å². The van der Waals surface area contributed by atoms with Crippen molar-refractivity contribution in [1.82, 2.24) is 4.98 Å². The quantitative estimate of drug-likeness (QED) is 0.638. The number of thiazole rings is 1. The number of thioether (sulfide) groups is 1. The van der Waals surface area contributed by atoms with Crippen molar-refractivity contribution in [3.05, 3.63) is 10.6 Å². The van der Waals surface area contributed by atoms with Crippen LogP contribution in [0.2, 0.25) is 0 Å². The lowest BCUT2D eigenvalue weighted by Crippen LogP contribution is -2.16. The fraction of sp³-hybridized carbons (Fsp3) is 0.545. The predicted molar refractivity (Wildman–Crippen MR) is 70.1 cm³/mol. The van der Waals surface area contributed by atoms with Gasteiger partial charge in [-0.15, -0.1) is 11.3 Å². The highest BCUT2D eigenvalue weighted by atomic mass is 32.2. The Morgan fingerprint density at radius 2 is 2.22 bits per heavy atom. The minimum absolute atomic E-state index is 0.0299. The zero-order chi connectivity index (χ0) is 13.7. The minimum atomic E-state index is -0.878. The Kier molecular flexibility index (Phi) is 5.61. The summed E-state index contributed by atoms with van der Waals surface area (Å²) < 4.78 is 5.60. The van der Waals surface area contributed by atoms with Crippen LogP contribution in [0.15, 0.2) is 4.34 Å². The predicted octanol–water partition coefficient (Wildman–Crippen LogP) is 2.12. The molecule has 1 atom stereocenters. The Morgan fingerprint density at radius 3 is 2.78 bits per heavy atom. The van der Waals surface area contributed by atoms with Crippen LogP contribution in [0.4, 0.5) is 0 Å². The van der Waals surface area contributed by atoms with E-state index in [9.17, 15) is 9.59 Å².